The Hall–Kier alpha value is -0.900. The van der Waals surface area contributed by atoms with Crippen molar-refractivity contribution < 1.29 is 0 Å². The summed E-state index contributed by atoms with van der Waals surface area (Å²) in [4.78, 5) is 0. The monoisotopic (exact) mass is 210 g/mol. The minimum atomic E-state index is 0.984. The Morgan fingerprint density at radius 2 is 2.13 bits per heavy atom. The quantitative estimate of drug-likeness (QED) is 0.663. The van der Waals surface area contributed by atoms with E-state index in [1.165, 1.54) is 12.1 Å². The van der Waals surface area contributed by atoms with Crippen LogP contribution in [0.1, 0.15) is 38.8 Å². The van der Waals surface area contributed by atoms with Gasteiger partial charge in [0.05, 0.1) is 11.9 Å². The molecule has 15 heavy (non-hydrogen) atoms. The van der Waals surface area contributed by atoms with Gasteiger partial charge in [0, 0.05) is 6.54 Å². The zero-order valence-electron chi connectivity index (χ0n) is 9.87. The number of aromatic nitrogens is 3. The molecule has 0 atom stereocenters. The molecule has 1 aromatic rings. The summed E-state index contributed by atoms with van der Waals surface area (Å²) in [5, 5.41) is 11.4. The molecule has 0 amide bonds. The molecule has 0 radical (unpaired) electrons. The van der Waals surface area contributed by atoms with Gasteiger partial charge in [-0.1, -0.05) is 19.1 Å². The number of nitrogens with zero attached hydrogens (tertiary/aromatic N) is 3. The molecule has 0 spiro atoms. The van der Waals surface area contributed by atoms with Gasteiger partial charge in [-0.2, -0.15) is 0 Å². The largest absolute Gasteiger partial charge is 0.317 e. The zero-order chi connectivity index (χ0) is 10.9. The molecule has 1 heterocycles. The number of rotatable bonds is 8. The lowest BCUT2D eigenvalue weighted by molar-refractivity contribution is 0.543. The molecule has 0 aliphatic rings. The Labute approximate surface area is 92.1 Å². The molecule has 0 saturated carbocycles. The Bertz CT molecular complexity index is 257. The Balaban J connectivity index is 2.21. The van der Waals surface area contributed by atoms with Crippen LogP contribution in [0.4, 0.5) is 0 Å². The summed E-state index contributed by atoms with van der Waals surface area (Å²) in [5.74, 6) is 0. The van der Waals surface area contributed by atoms with Gasteiger partial charge in [0.1, 0.15) is 0 Å². The minimum Gasteiger partial charge on any atom is -0.317 e. The van der Waals surface area contributed by atoms with E-state index >= 15 is 0 Å². The first kappa shape index (κ1) is 12.2. The lowest BCUT2D eigenvalue weighted by Crippen LogP contribution is -2.17. The molecule has 1 rings (SSSR count). The number of aryl methyl sites for hydroxylation is 2. The Morgan fingerprint density at radius 1 is 1.27 bits per heavy atom. The van der Waals surface area contributed by atoms with Gasteiger partial charge in [0.25, 0.3) is 0 Å². The summed E-state index contributed by atoms with van der Waals surface area (Å²) < 4.78 is 2.01. The maximum Gasteiger partial charge on any atom is 0.0725 e. The van der Waals surface area contributed by atoms with Crippen molar-refractivity contribution in [1.82, 2.24) is 20.3 Å². The van der Waals surface area contributed by atoms with Crippen molar-refractivity contribution in [2.45, 2.75) is 46.1 Å². The van der Waals surface area contributed by atoms with Crippen molar-refractivity contribution in [3.8, 4) is 0 Å². The second-order valence-corrected chi connectivity index (χ2v) is 3.80. The van der Waals surface area contributed by atoms with Crippen molar-refractivity contribution >= 4 is 0 Å². The molecule has 4 heteroatoms. The highest BCUT2D eigenvalue weighted by Gasteiger charge is 2.01. The first-order valence-corrected chi connectivity index (χ1v) is 5.96. The summed E-state index contributed by atoms with van der Waals surface area (Å²) >= 11 is 0. The van der Waals surface area contributed by atoms with Crippen LogP contribution < -0.4 is 5.32 Å². The minimum absolute atomic E-state index is 0.984. The molecule has 1 N–H and O–H groups in total. The SMILES string of the molecule is CCCNCCCc1cnnn1CCC. The number of nitrogens with one attached hydrogen (secondary N) is 1. The van der Waals surface area contributed by atoms with Gasteiger partial charge in [0.15, 0.2) is 0 Å². The maximum atomic E-state index is 4.07. The van der Waals surface area contributed by atoms with Crippen LogP contribution in [0.5, 0.6) is 0 Å². The van der Waals surface area contributed by atoms with Gasteiger partial charge in [-0.05, 0) is 38.8 Å². The summed E-state index contributed by atoms with van der Waals surface area (Å²) in [7, 11) is 0. The number of hydrogen-bond donors (Lipinski definition) is 1. The molecule has 0 aromatic carbocycles. The molecule has 0 bridgehead atoms. The Morgan fingerprint density at radius 3 is 2.87 bits per heavy atom. The fourth-order valence-electron chi connectivity index (χ4n) is 1.57. The predicted molar refractivity (Wildman–Crippen MR) is 61.8 cm³/mol. The molecule has 0 fully saturated rings. The van der Waals surface area contributed by atoms with Crippen LogP contribution in [0.2, 0.25) is 0 Å². The van der Waals surface area contributed by atoms with Gasteiger partial charge in [-0.3, -0.25) is 0 Å². The van der Waals surface area contributed by atoms with Crippen LogP contribution in [-0.4, -0.2) is 28.1 Å². The van der Waals surface area contributed by atoms with Crippen molar-refractivity contribution in [2.75, 3.05) is 13.1 Å². The van der Waals surface area contributed by atoms with E-state index in [1.54, 1.807) is 0 Å². The highest BCUT2D eigenvalue weighted by molar-refractivity contribution is 4.93. The molecule has 0 saturated heterocycles. The molecule has 4 nitrogen and oxygen atoms in total. The first-order valence-electron chi connectivity index (χ1n) is 5.96. The maximum absolute atomic E-state index is 4.07. The highest BCUT2D eigenvalue weighted by atomic mass is 15.4. The predicted octanol–water partition coefficient (Wildman–Crippen LogP) is 1.62. The van der Waals surface area contributed by atoms with E-state index in [0.29, 0.717) is 0 Å². The topological polar surface area (TPSA) is 42.7 Å². The van der Waals surface area contributed by atoms with Gasteiger partial charge in [0.2, 0.25) is 0 Å². The summed E-state index contributed by atoms with van der Waals surface area (Å²) in [6, 6.07) is 0. The van der Waals surface area contributed by atoms with Crippen LogP contribution in [0.25, 0.3) is 0 Å². The van der Waals surface area contributed by atoms with E-state index in [0.717, 1.165) is 38.9 Å². The van der Waals surface area contributed by atoms with Crippen LogP contribution in [-0.2, 0) is 13.0 Å². The lowest BCUT2D eigenvalue weighted by Gasteiger charge is -2.05. The smallest absolute Gasteiger partial charge is 0.0725 e. The third-order valence-corrected chi connectivity index (χ3v) is 2.35. The summed E-state index contributed by atoms with van der Waals surface area (Å²) in [5.41, 5.74) is 1.26. The molecular formula is C11H22N4. The van der Waals surface area contributed by atoms with Gasteiger partial charge < -0.3 is 5.32 Å². The van der Waals surface area contributed by atoms with Crippen molar-refractivity contribution in [3.05, 3.63) is 11.9 Å². The third-order valence-electron chi connectivity index (χ3n) is 2.35. The molecule has 0 unspecified atom stereocenters. The molecule has 86 valence electrons. The normalized spacial score (nSPS) is 10.8. The molecule has 0 aliphatic heterocycles. The van der Waals surface area contributed by atoms with Gasteiger partial charge in [-0.15, -0.1) is 5.10 Å². The first-order chi connectivity index (χ1) is 7.38. The molecular weight excluding hydrogens is 188 g/mol. The molecule has 1 aromatic heterocycles. The van der Waals surface area contributed by atoms with E-state index < -0.39 is 0 Å². The molecule has 0 aliphatic carbocycles. The van der Waals surface area contributed by atoms with Crippen LogP contribution >= 0.6 is 0 Å². The highest BCUT2D eigenvalue weighted by Crippen LogP contribution is 2.01. The van der Waals surface area contributed by atoms with Crippen LogP contribution in [0.3, 0.4) is 0 Å². The summed E-state index contributed by atoms with van der Waals surface area (Å²) in [6.07, 6.45) is 6.44. The fourth-order valence-corrected chi connectivity index (χ4v) is 1.57. The Kier molecular flexibility index (Phi) is 6.00. The van der Waals surface area contributed by atoms with Crippen molar-refractivity contribution in [3.63, 3.8) is 0 Å². The van der Waals surface area contributed by atoms with E-state index in [2.05, 4.69) is 29.5 Å². The summed E-state index contributed by atoms with van der Waals surface area (Å²) in [6.45, 7) is 7.54. The standard InChI is InChI=1S/C11H22N4/c1-3-7-12-8-5-6-11-10-13-14-15(11)9-4-2/h10,12H,3-9H2,1-2H3. The van der Waals surface area contributed by atoms with Gasteiger partial charge >= 0.3 is 0 Å². The second-order valence-electron chi connectivity index (χ2n) is 3.80. The van der Waals surface area contributed by atoms with E-state index in [1.807, 2.05) is 10.9 Å². The van der Waals surface area contributed by atoms with E-state index in [9.17, 15) is 0 Å². The van der Waals surface area contributed by atoms with Crippen molar-refractivity contribution in [2.24, 2.45) is 0 Å². The fraction of sp³-hybridized carbons (Fsp3) is 0.818. The lowest BCUT2D eigenvalue weighted by atomic mass is 10.2. The third kappa shape index (κ3) is 4.42. The number of hydrogen-bond acceptors (Lipinski definition) is 3. The zero-order valence-corrected chi connectivity index (χ0v) is 9.87. The average Bonchev–Trinajstić information content (AvgIpc) is 2.66. The van der Waals surface area contributed by atoms with E-state index in [-0.39, 0.29) is 0 Å². The van der Waals surface area contributed by atoms with E-state index in [4.69, 9.17) is 0 Å². The van der Waals surface area contributed by atoms with Gasteiger partial charge in [-0.25, -0.2) is 4.68 Å². The van der Waals surface area contributed by atoms with Crippen LogP contribution in [0.15, 0.2) is 6.20 Å². The second kappa shape index (κ2) is 7.40. The van der Waals surface area contributed by atoms with Crippen molar-refractivity contribution in [1.29, 1.82) is 0 Å². The average molecular weight is 210 g/mol. The van der Waals surface area contributed by atoms with Crippen LogP contribution in [0, 0.1) is 0 Å².